The molecule has 5 nitrogen and oxygen atoms in total. The zero-order valence-corrected chi connectivity index (χ0v) is 11.7. The van der Waals surface area contributed by atoms with E-state index in [1.165, 1.54) is 12.8 Å². The molecule has 2 N–H and O–H groups in total. The minimum atomic E-state index is 0.117. The zero-order valence-electron chi connectivity index (χ0n) is 11.7. The maximum atomic E-state index is 11.7. The molecule has 0 aromatic carbocycles. The standard InChI is InChI=1S/C13H27N3O2/c1-3-6-15-13(17)11-16(8-9-18-2)10-12-5-4-7-14-12/h12,14H,3-11H2,1-2H3,(H,15,17). The average molecular weight is 257 g/mol. The molecule has 1 aliphatic heterocycles. The summed E-state index contributed by atoms with van der Waals surface area (Å²) in [7, 11) is 1.70. The van der Waals surface area contributed by atoms with Crippen LogP contribution in [0.25, 0.3) is 0 Å². The number of hydrogen-bond donors (Lipinski definition) is 2. The van der Waals surface area contributed by atoms with Gasteiger partial charge in [0, 0.05) is 32.8 Å². The second kappa shape index (κ2) is 9.30. The minimum absolute atomic E-state index is 0.117. The second-order valence-corrected chi connectivity index (χ2v) is 4.87. The van der Waals surface area contributed by atoms with Crippen molar-refractivity contribution in [2.75, 3.05) is 46.4 Å². The number of hydrogen-bond acceptors (Lipinski definition) is 4. The van der Waals surface area contributed by atoms with Crippen molar-refractivity contribution < 1.29 is 9.53 Å². The number of ether oxygens (including phenoxy) is 1. The second-order valence-electron chi connectivity index (χ2n) is 4.87. The third kappa shape index (κ3) is 6.33. The molecule has 1 saturated heterocycles. The van der Waals surface area contributed by atoms with Crippen LogP contribution in [0.3, 0.4) is 0 Å². The summed E-state index contributed by atoms with van der Waals surface area (Å²) >= 11 is 0. The molecular weight excluding hydrogens is 230 g/mol. The predicted octanol–water partition coefficient (Wildman–Crippen LogP) is 0.213. The van der Waals surface area contributed by atoms with Crippen LogP contribution in [0.15, 0.2) is 0 Å². The van der Waals surface area contributed by atoms with Crippen LogP contribution >= 0.6 is 0 Å². The van der Waals surface area contributed by atoms with E-state index in [-0.39, 0.29) is 5.91 Å². The summed E-state index contributed by atoms with van der Waals surface area (Å²) in [4.78, 5) is 13.9. The maximum absolute atomic E-state index is 11.7. The fraction of sp³-hybridized carbons (Fsp3) is 0.923. The molecule has 1 unspecified atom stereocenters. The van der Waals surface area contributed by atoms with Crippen molar-refractivity contribution >= 4 is 5.91 Å². The van der Waals surface area contributed by atoms with Gasteiger partial charge in [-0.25, -0.2) is 0 Å². The summed E-state index contributed by atoms with van der Waals surface area (Å²) in [5, 5.41) is 6.39. The van der Waals surface area contributed by atoms with Crippen molar-refractivity contribution in [3.05, 3.63) is 0 Å². The smallest absolute Gasteiger partial charge is 0.234 e. The Morgan fingerprint density at radius 3 is 3.00 bits per heavy atom. The van der Waals surface area contributed by atoms with Crippen molar-refractivity contribution in [3.8, 4) is 0 Å². The fourth-order valence-electron chi connectivity index (χ4n) is 2.20. The van der Waals surface area contributed by atoms with E-state index in [0.29, 0.717) is 19.2 Å². The Hall–Kier alpha value is -0.650. The molecule has 1 heterocycles. The first kappa shape index (κ1) is 15.4. The highest BCUT2D eigenvalue weighted by molar-refractivity contribution is 5.77. The third-order valence-corrected chi connectivity index (χ3v) is 3.19. The number of nitrogens with one attached hydrogen (secondary N) is 2. The van der Waals surface area contributed by atoms with Crippen LogP contribution < -0.4 is 10.6 Å². The van der Waals surface area contributed by atoms with E-state index in [4.69, 9.17) is 4.74 Å². The summed E-state index contributed by atoms with van der Waals surface area (Å²) < 4.78 is 5.11. The van der Waals surface area contributed by atoms with E-state index in [0.717, 1.165) is 32.6 Å². The number of amides is 1. The van der Waals surface area contributed by atoms with Crippen molar-refractivity contribution in [2.24, 2.45) is 0 Å². The van der Waals surface area contributed by atoms with E-state index in [1.807, 2.05) is 0 Å². The Balaban J connectivity index is 2.31. The molecule has 0 saturated carbocycles. The van der Waals surface area contributed by atoms with Crippen molar-refractivity contribution in [1.29, 1.82) is 0 Å². The number of rotatable bonds is 9. The van der Waals surface area contributed by atoms with Crippen LogP contribution in [0.2, 0.25) is 0 Å². The summed E-state index contributed by atoms with van der Waals surface area (Å²) in [6, 6.07) is 0.529. The Labute approximate surface area is 110 Å². The van der Waals surface area contributed by atoms with Gasteiger partial charge < -0.3 is 15.4 Å². The van der Waals surface area contributed by atoms with Gasteiger partial charge in [-0.1, -0.05) is 6.92 Å². The lowest BCUT2D eigenvalue weighted by molar-refractivity contribution is -0.122. The number of nitrogens with zero attached hydrogens (tertiary/aromatic N) is 1. The zero-order chi connectivity index (χ0) is 13.2. The molecule has 1 rings (SSSR count). The molecule has 5 heteroatoms. The molecule has 106 valence electrons. The van der Waals surface area contributed by atoms with E-state index in [1.54, 1.807) is 7.11 Å². The van der Waals surface area contributed by atoms with Gasteiger partial charge >= 0.3 is 0 Å². The quantitative estimate of drug-likeness (QED) is 0.620. The third-order valence-electron chi connectivity index (χ3n) is 3.19. The molecule has 0 aromatic heterocycles. The number of carbonyl (C=O) groups excluding carboxylic acids is 1. The predicted molar refractivity (Wildman–Crippen MR) is 72.6 cm³/mol. The SMILES string of the molecule is CCCNC(=O)CN(CCOC)CC1CCCN1. The first-order valence-electron chi connectivity index (χ1n) is 6.97. The molecular formula is C13H27N3O2. The van der Waals surface area contributed by atoms with Gasteiger partial charge in [0.1, 0.15) is 0 Å². The lowest BCUT2D eigenvalue weighted by atomic mass is 10.2. The molecule has 1 fully saturated rings. The Bertz CT molecular complexity index is 230. The summed E-state index contributed by atoms with van der Waals surface area (Å²) in [6.45, 7) is 6.82. The average Bonchev–Trinajstić information content (AvgIpc) is 2.86. The number of carbonyl (C=O) groups is 1. The molecule has 0 spiro atoms. The van der Waals surface area contributed by atoms with Crippen molar-refractivity contribution in [2.45, 2.75) is 32.2 Å². The number of methoxy groups -OCH3 is 1. The topological polar surface area (TPSA) is 53.6 Å². The summed E-state index contributed by atoms with van der Waals surface area (Å²) in [5.41, 5.74) is 0. The van der Waals surface area contributed by atoms with Crippen LogP contribution in [-0.2, 0) is 9.53 Å². The first-order valence-corrected chi connectivity index (χ1v) is 6.97. The van der Waals surface area contributed by atoms with Crippen molar-refractivity contribution in [3.63, 3.8) is 0 Å². The van der Waals surface area contributed by atoms with Gasteiger partial charge in [-0.3, -0.25) is 9.69 Å². The van der Waals surface area contributed by atoms with Crippen LogP contribution in [0.4, 0.5) is 0 Å². The highest BCUT2D eigenvalue weighted by Crippen LogP contribution is 2.06. The van der Waals surface area contributed by atoms with Gasteiger partial charge in [0.05, 0.1) is 13.2 Å². The Morgan fingerprint density at radius 2 is 2.39 bits per heavy atom. The minimum Gasteiger partial charge on any atom is -0.383 e. The normalized spacial score (nSPS) is 19.4. The lowest BCUT2D eigenvalue weighted by Gasteiger charge is -2.24. The van der Waals surface area contributed by atoms with Gasteiger partial charge in [-0.15, -0.1) is 0 Å². The largest absolute Gasteiger partial charge is 0.383 e. The van der Waals surface area contributed by atoms with Crippen LogP contribution in [0.5, 0.6) is 0 Å². The molecule has 0 bridgehead atoms. The summed E-state index contributed by atoms with van der Waals surface area (Å²) in [6.07, 6.45) is 3.43. The molecule has 0 aromatic rings. The molecule has 0 radical (unpaired) electrons. The Morgan fingerprint density at radius 1 is 1.56 bits per heavy atom. The lowest BCUT2D eigenvalue weighted by Crippen LogP contribution is -2.44. The van der Waals surface area contributed by atoms with Crippen LogP contribution in [0.1, 0.15) is 26.2 Å². The highest BCUT2D eigenvalue weighted by Gasteiger charge is 2.19. The van der Waals surface area contributed by atoms with Gasteiger partial charge in [-0.05, 0) is 25.8 Å². The first-order chi connectivity index (χ1) is 8.76. The van der Waals surface area contributed by atoms with Gasteiger partial charge in [0.15, 0.2) is 0 Å². The molecule has 0 aliphatic carbocycles. The van der Waals surface area contributed by atoms with Gasteiger partial charge in [0.25, 0.3) is 0 Å². The highest BCUT2D eigenvalue weighted by atomic mass is 16.5. The summed E-state index contributed by atoms with van der Waals surface area (Å²) in [5.74, 6) is 0.117. The molecule has 1 aliphatic rings. The maximum Gasteiger partial charge on any atom is 0.234 e. The molecule has 1 atom stereocenters. The monoisotopic (exact) mass is 257 g/mol. The van der Waals surface area contributed by atoms with E-state index >= 15 is 0 Å². The van der Waals surface area contributed by atoms with Crippen LogP contribution in [-0.4, -0.2) is 63.3 Å². The van der Waals surface area contributed by atoms with Gasteiger partial charge in [-0.2, -0.15) is 0 Å². The van der Waals surface area contributed by atoms with E-state index < -0.39 is 0 Å². The van der Waals surface area contributed by atoms with E-state index in [2.05, 4.69) is 22.5 Å². The van der Waals surface area contributed by atoms with Gasteiger partial charge in [0.2, 0.25) is 5.91 Å². The van der Waals surface area contributed by atoms with E-state index in [9.17, 15) is 4.79 Å². The van der Waals surface area contributed by atoms with Crippen molar-refractivity contribution in [1.82, 2.24) is 15.5 Å². The molecule has 1 amide bonds. The van der Waals surface area contributed by atoms with Crippen LogP contribution in [0, 0.1) is 0 Å². The molecule has 18 heavy (non-hydrogen) atoms. The fourth-order valence-corrected chi connectivity index (χ4v) is 2.20. The Kier molecular flexibility index (Phi) is 7.96.